The quantitative estimate of drug-likeness (QED) is 0.856. The number of hydrogen-bond donors (Lipinski definition) is 1. The number of Topliss-reactive ketones (excluding diaryl/α,β-unsaturated/α-hetero) is 1. The van der Waals surface area contributed by atoms with Crippen molar-refractivity contribution < 1.29 is 9.18 Å². The van der Waals surface area contributed by atoms with Crippen LogP contribution >= 0.6 is 11.3 Å². The SMILES string of the molecule is CC(C)CC1(C(=O)c2csc3ccc(F)cc23)CCNC1. The van der Waals surface area contributed by atoms with Gasteiger partial charge in [0.25, 0.3) is 0 Å². The van der Waals surface area contributed by atoms with Crippen LogP contribution in [0.5, 0.6) is 0 Å². The number of ketones is 1. The van der Waals surface area contributed by atoms with E-state index in [4.69, 9.17) is 0 Å². The molecule has 0 radical (unpaired) electrons. The fourth-order valence-electron chi connectivity index (χ4n) is 3.45. The van der Waals surface area contributed by atoms with Crippen LogP contribution in [0.4, 0.5) is 4.39 Å². The Morgan fingerprint density at radius 3 is 2.95 bits per heavy atom. The van der Waals surface area contributed by atoms with Crippen molar-refractivity contribution in [2.75, 3.05) is 13.1 Å². The van der Waals surface area contributed by atoms with Gasteiger partial charge >= 0.3 is 0 Å². The highest BCUT2D eigenvalue weighted by Crippen LogP contribution is 2.39. The average Bonchev–Trinajstić information content (AvgIpc) is 3.04. The molecule has 2 nitrogen and oxygen atoms in total. The van der Waals surface area contributed by atoms with Gasteiger partial charge in [-0.1, -0.05) is 13.8 Å². The Bertz CT molecular complexity index is 670. The van der Waals surface area contributed by atoms with Gasteiger partial charge in [-0.15, -0.1) is 11.3 Å². The summed E-state index contributed by atoms with van der Waals surface area (Å²) in [4.78, 5) is 13.1. The van der Waals surface area contributed by atoms with Gasteiger partial charge in [0, 0.05) is 33.0 Å². The first-order valence-electron chi connectivity index (χ1n) is 7.44. The molecule has 2 aromatic rings. The summed E-state index contributed by atoms with van der Waals surface area (Å²) >= 11 is 1.52. The lowest BCUT2D eigenvalue weighted by molar-refractivity contribution is 0.0784. The number of thiophene rings is 1. The van der Waals surface area contributed by atoms with Crippen LogP contribution in [0.3, 0.4) is 0 Å². The van der Waals surface area contributed by atoms with Gasteiger partial charge in [0.2, 0.25) is 0 Å². The maximum Gasteiger partial charge on any atom is 0.171 e. The molecule has 1 unspecified atom stereocenters. The summed E-state index contributed by atoms with van der Waals surface area (Å²) in [5.41, 5.74) is 0.368. The maximum absolute atomic E-state index is 13.5. The third kappa shape index (κ3) is 2.62. The first-order chi connectivity index (χ1) is 10.0. The highest BCUT2D eigenvalue weighted by atomic mass is 32.1. The number of carbonyl (C=O) groups is 1. The van der Waals surface area contributed by atoms with Gasteiger partial charge in [0.15, 0.2) is 5.78 Å². The Balaban J connectivity index is 2.04. The van der Waals surface area contributed by atoms with Crippen LogP contribution < -0.4 is 5.32 Å². The van der Waals surface area contributed by atoms with Crippen molar-refractivity contribution in [3.63, 3.8) is 0 Å². The molecule has 0 aliphatic carbocycles. The molecular weight excluding hydrogens is 285 g/mol. The second-order valence-electron chi connectivity index (χ2n) is 6.42. The largest absolute Gasteiger partial charge is 0.316 e. The van der Waals surface area contributed by atoms with E-state index < -0.39 is 0 Å². The second kappa shape index (κ2) is 5.50. The van der Waals surface area contributed by atoms with E-state index in [1.165, 1.54) is 23.5 Å². The van der Waals surface area contributed by atoms with E-state index in [0.29, 0.717) is 11.5 Å². The summed E-state index contributed by atoms with van der Waals surface area (Å²) in [6.07, 6.45) is 1.75. The average molecular weight is 305 g/mol. The number of fused-ring (bicyclic) bond motifs is 1. The van der Waals surface area contributed by atoms with Gasteiger partial charge in [-0.05, 0) is 43.5 Å². The van der Waals surface area contributed by atoms with Gasteiger partial charge in [0.1, 0.15) is 5.82 Å². The van der Waals surface area contributed by atoms with Crippen molar-refractivity contribution in [3.8, 4) is 0 Å². The van der Waals surface area contributed by atoms with E-state index >= 15 is 0 Å². The van der Waals surface area contributed by atoms with E-state index in [1.54, 1.807) is 6.07 Å². The summed E-state index contributed by atoms with van der Waals surface area (Å²) in [7, 11) is 0. The molecule has 0 bridgehead atoms. The van der Waals surface area contributed by atoms with E-state index in [1.807, 2.05) is 5.38 Å². The fourth-order valence-corrected chi connectivity index (χ4v) is 4.37. The molecule has 1 saturated heterocycles. The Hall–Kier alpha value is -1.26. The minimum Gasteiger partial charge on any atom is -0.316 e. The first kappa shape index (κ1) is 14.7. The van der Waals surface area contributed by atoms with E-state index in [9.17, 15) is 9.18 Å². The van der Waals surface area contributed by atoms with Gasteiger partial charge in [0.05, 0.1) is 0 Å². The molecule has 1 aromatic carbocycles. The van der Waals surface area contributed by atoms with Gasteiger partial charge in [-0.25, -0.2) is 4.39 Å². The molecule has 1 N–H and O–H groups in total. The number of carbonyl (C=O) groups excluding carboxylic acids is 1. The predicted octanol–water partition coefficient (Wildman–Crippen LogP) is 4.25. The van der Waals surface area contributed by atoms with Crippen LogP contribution in [0.15, 0.2) is 23.6 Å². The van der Waals surface area contributed by atoms with E-state index in [-0.39, 0.29) is 17.0 Å². The lowest BCUT2D eigenvalue weighted by atomic mass is 9.73. The smallest absolute Gasteiger partial charge is 0.171 e. The third-order valence-electron chi connectivity index (χ3n) is 4.30. The molecule has 2 heterocycles. The number of nitrogens with one attached hydrogen (secondary N) is 1. The number of rotatable bonds is 4. The van der Waals surface area contributed by atoms with Gasteiger partial charge in [-0.3, -0.25) is 4.79 Å². The van der Waals surface area contributed by atoms with Crippen molar-refractivity contribution in [2.24, 2.45) is 11.3 Å². The Morgan fingerprint density at radius 1 is 1.48 bits per heavy atom. The topological polar surface area (TPSA) is 29.1 Å². The summed E-state index contributed by atoms with van der Waals surface area (Å²) in [6, 6.07) is 4.70. The zero-order valence-corrected chi connectivity index (χ0v) is 13.2. The Labute approximate surface area is 128 Å². The molecule has 0 saturated carbocycles. The van der Waals surface area contributed by atoms with Crippen molar-refractivity contribution in [1.82, 2.24) is 5.32 Å². The van der Waals surface area contributed by atoms with Crippen molar-refractivity contribution >= 4 is 27.2 Å². The van der Waals surface area contributed by atoms with Crippen LogP contribution in [0.25, 0.3) is 10.1 Å². The molecule has 0 spiro atoms. The standard InChI is InChI=1S/C17H20FNOS/c1-11(2)8-17(5-6-19-10-17)16(20)14-9-21-15-4-3-12(18)7-13(14)15/h3-4,7,9,11,19H,5-6,8,10H2,1-2H3. The molecule has 21 heavy (non-hydrogen) atoms. The molecule has 1 aliphatic heterocycles. The predicted molar refractivity (Wildman–Crippen MR) is 85.5 cm³/mol. The minimum absolute atomic E-state index is 0.179. The van der Waals surface area contributed by atoms with Crippen LogP contribution in [-0.4, -0.2) is 18.9 Å². The monoisotopic (exact) mass is 305 g/mol. The number of benzene rings is 1. The summed E-state index contributed by atoms with van der Waals surface area (Å²) < 4.78 is 14.5. The molecule has 1 fully saturated rings. The second-order valence-corrected chi connectivity index (χ2v) is 7.34. The fraction of sp³-hybridized carbons (Fsp3) is 0.471. The van der Waals surface area contributed by atoms with Crippen molar-refractivity contribution in [3.05, 3.63) is 35.0 Å². The lowest BCUT2D eigenvalue weighted by Gasteiger charge is -2.28. The Morgan fingerprint density at radius 2 is 2.29 bits per heavy atom. The molecule has 1 aliphatic rings. The van der Waals surface area contributed by atoms with E-state index in [0.717, 1.165) is 36.0 Å². The third-order valence-corrected chi connectivity index (χ3v) is 5.27. The van der Waals surface area contributed by atoms with Crippen molar-refractivity contribution in [1.29, 1.82) is 0 Å². The van der Waals surface area contributed by atoms with Crippen LogP contribution in [-0.2, 0) is 0 Å². The van der Waals surface area contributed by atoms with Crippen LogP contribution in [0.2, 0.25) is 0 Å². The number of hydrogen-bond acceptors (Lipinski definition) is 3. The normalized spacial score (nSPS) is 22.3. The van der Waals surface area contributed by atoms with Gasteiger partial charge in [-0.2, -0.15) is 0 Å². The Kier molecular flexibility index (Phi) is 3.84. The summed E-state index contributed by atoms with van der Waals surface area (Å²) in [5.74, 6) is 0.367. The first-order valence-corrected chi connectivity index (χ1v) is 8.32. The lowest BCUT2D eigenvalue weighted by Crippen LogP contribution is -2.35. The van der Waals surface area contributed by atoms with Gasteiger partial charge < -0.3 is 5.32 Å². The summed E-state index contributed by atoms with van der Waals surface area (Å²) in [6.45, 7) is 5.92. The van der Waals surface area contributed by atoms with Crippen LogP contribution in [0, 0.1) is 17.2 Å². The highest BCUT2D eigenvalue weighted by molar-refractivity contribution is 7.17. The minimum atomic E-state index is -0.325. The molecule has 3 rings (SSSR count). The zero-order valence-electron chi connectivity index (χ0n) is 12.4. The van der Waals surface area contributed by atoms with Crippen molar-refractivity contribution in [2.45, 2.75) is 26.7 Å². The molecule has 1 aromatic heterocycles. The summed E-state index contributed by atoms with van der Waals surface area (Å²) in [5, 5.41) is 5.99. The molecule has 1 atom stereocenters. The molecule has 0 amide bonds. The maximum atomic E-state index is 13.5. The van der Waals surface area contributed by atoms with E-state index in [2.05, 4.69) is 19.2 Å². The molecule has 4 heteroatoms. The molecule has 112 valence electrons. The molecular formula is C17H20FNOS. The highest BCUT2D eigenvalue weighted by Gasteiger charge is 2.42. The van der Waals surface area contributed by atoms with Crippen LogP contribution in [0.1, 0.15) is 37.0 Å². The zero-order chi connectivity index (χ0) is 15.0. The number of halogens is 1.